The van der Waals surface area contributed by atoms with Gasteiger partial charge < -0.3 is 5.73 Å². The van der Waals surface area contributed by atoms with Gasteiger partial charge in [-0.1, -0.05) is 25.7 Å². The molecule has 2 aliphatic rings. The number of hydrogen-bond donors (Lipinski definition) is 1. The Labute approximate surface area is 96.8 Å². The Morgan fingerprint density at radius 3 is 2.00 bits per heavy atom. The molecule has 0 aliphatic heterocycles. The molecule has 0 heterocycles. The Morgan fingerprint density at radius 2 is 1.62 bits per heavy atom. The lowest BCUT2D eigenvalue weighted by molar-refractivity contribution is -0.0808. The summed E-state index contributed by atoms with van der Waals surface area (Å²) in [5.74, 6) is -3.05. The zero-order valence-corrected chi connectivity index (χ0v) is 10.1. The predicted molar refractivity (Wildman–Crippen MR) is 61.5 cm³/mol. The summed E-state index contributed by atoms with van der Waals surface area (Å²) in [6.45, 7) is 1.06. The predicted octanol–water partition coefficient (Wildman–Crippen LogP) is 3.72. The van der Waals surface area contributed by atoms with Crippen LogP contribution in [0, 0.1) is 11.8 Å². The van der Waals surface area contributed by atoms with Crippen molar-refractivity contribution in [3.8, 4) is 0 Å². The molecule has 2 aliphatic carbocycles. The highest BCUT2D eigenvalue weighted by Gasteiger charge is 2.57. The molecule has 16 heavy (non-hydrogen) atoms. The maximum atomic E-state index is 13.8. The third-order valence-corrected chi connectivity index (χ3v) is 4.36. The van der Waals surface area contributed by atoms with Crippen LogP contribution in [0.25, 0.3) is 0 Å². The van der Waals surface area contributed by atoms with Crippen molar-refractivity contribution in [2.75, 3.05) is 0 Å². The first-order valence-corrected chi connectivity index (χ1v) is 6.60. The smallest absolute Gasteiger partial charge is 0.250 e. The van der Waals surface area contributed by atoms with Crippen LogP contribution in [0.2, 0.25) is 0 Å². The maximum Gasteiger partial charge on any atom is 0.250 e. The van der Waals surface area contributed by atoms with E-state index in [0.29, 0.717) is 0 Å². The third-order valence-electron chi connectivity index (χ3n) is 4.36. The van der Waals surface area contributed by atoms with Crippen molar-refractivity contribution in [1.82, 2.24) is 0 Å². The van der Waals surface area contributed by atoms with E-state index in [9.17, 15) is 8.78 Å². The van der Waals surface area contributed by atoms with Crippen LogP contribution in [-0.2, 0) is 0 Å². The van der Waals surface area contributed by atoms with E-state index in [1.807, 2.05) is 0 Å². The molecule has 2 fully saturated rings. The topological polar surface area (TPSA) is 26.0 Å². The monoisotopic (exact) mass is 231 g/mol. The first-order valence-electron chi connectivity index (χ1n) is 6.60. The third kappa shape index (κ3) is 2.55. The fourth-order valence-electron chi connectivity index (χ4n) is 3.49. The second-order valence-corrected chi connectivity index (χ2v) is 5.92. The van der Waals surface area contributed by atoms with Gasteiger partial charge in [-0.05, 0) is 38.5 Å². The molecular formula is C13H23F2N. The lowest BCUT2D eigenvalue weighted by atomic mass is 9.76. The van der Waals surface area contributed by atoms with Gasteiger partial charge in [-0.3, -0.25) is 0 Å². The highest BCUT2D eigenvalue weighted by molar-refractivity contribution is 5.09. The van der Waals surface area contributed by atoms with E-state index in [-0.39, 0.29) is 5.92 Å². The quantitative estimate of drug-likeness (QED) is 0.736. The largest absolute Gasteiger partial charge is 0.325 e. The van der Waals surface area contributed by atoms with E-state index in [4.69, 9.17) is 5.73 Å². The molecule has 0 aromatic rings. The van der Waals surface area contributed by atoms with E-state index >= 15 is 0 Å². The van der Waals surface area contributed by atoms with Gasteiger partial charge in [0.25, 0.3) is 0 Å². The van der Waals surface area contributed by atoms with Gasteiger partial charge >= 0.3 is 0 Å². The van der Waals surface area contributed by atoms with Gasteiger partial charge in [0.05, 0.1) is 0 Å². The van der Waals surface area contributed by atoms with E-state index in [1.54, 1.807) is 0 Å². The van der Waals surface area contributed by atoms with Gasteiger partial charge in [-0.2, -0.15) is 0 Å². The van der Waals surface area contributed by atoms with Crippen LogP contribution in [0.4, 0.5) is 8.78 Å². The molecule has 0 saturated heterocycles. The molecular weight excluding hydrogens is 208 g/mol. The number of alkyl halides is 2. The Balaban J connectivity index is 2.11. The Bertz CT molecular complexity index is 230. The number of halogens is 2. The van der Waals surface area contributed by atoms with E-state index < -0.39 is 17.4 Å². The van der Waals surface area contributed by atoms with Crippen molar-refractivity contribution >= 4 is 0 Å². The first kappa shape index (κ1) is 12.3. The molecule has 94 valence electrons. The highest BCUT2D eigenvalue weighted by Crippen LogP contribution is 2.52. The molecule has 2 saturated carbocycles. The molecule has 2 N–H and O–H groups in total. The van der Waals surface area contributed by atoms with E-state index in [0.717, 1.165) is 45.4 Å². The van der Waals surface area contributed by atoms with Crippen LogP contribution in [-0.4, -0.2) is 11.5 Å². The number of hydrogen-bond acceptors (Lipinski definition) is 1. The van der Waals surface area contributed by atoms with Crippen LogP contribution in [0.1, 0.15) is 58.3 Å². The summed E-state index contributed by atoms with van der Waals surface area (Å²) in [6.07, 6.45) is 8.10. The first-order chi connectivity index (χ1) is 7.43. The second kappa shape index (κ2) is 4.25. The van der Waals surface area contributed by atoms with Crippen molar-refractivity contribution < 1.29 is 8.78 Å². The summed E-state index contributed by atoms with van der Waals surface area (Å²) in [7, 11) is 0. The van der Waals surface area contributed by atoms with Crippen molar-refractivity contribution in [2.24, 2.45) is 17.6 Å². The van der Waals surface area contributed by atoms with Crippen LogP contribution in [0.3, 0.4) is 0 Å². The van der Waals surface area contributed by atoms with Crippen molar-refractivity contribution in [3.05, 3.63) is 0 Å². The minimum Gasteiger partial charge on any atom is -0.325 e. The molecule has 1 atom stereocenters. The Morgan fingerprint density at radius 1 is 1.12 bits per heavy atom. The summed E-state index contributed by atoms with van der Waals surface area (Å²) in [4.78, 5) is 0. The molecule has 0 bridgehead atoms. The summed E-state index contributed by atoms with van der Waals surface area (Å²) >= 11 is 0. The minimum atomic E-state index is -2.61. The summed E-state index contributed by atoms with van der Waals surface area (Å²) < 4.78 is 27.5. The summed E-state index contributed by atoms with van der Waals surface area (Å²) in [6, 6.07) is 0. The lowest BCUT2D eigenvalue weighted by Crippen LogP contribution is -2.47. The van der Waals surface area contributed by atoms with Crippen molar-refractivity contribution in [3.63, 3.8) is 0 Å². The van der Waals surface area contributed by atoms with Gasteiger partial charge in [0.15, 0.2) is 0 Å². The number of rotatable bonds is 3. The van der Waals surface area contributed by atoms with Crippen LogP contribution < -0.4 is 5.73 Å². The van der Waals surface area contributed by atoms with Gasteiger partial charge in [-0.25, -0.2) is 8.78 Å². The van der Waals surface area contributed by atoms with E-state index in [2.05, 4.69) is 0 Å². The Kier molecular flexibility index (Phi) is 3.26. The lowest BCUT2D eigenvalue weighted by Gasteiger charge is -2.35. The minimum absolute atomic E-state index is 0.148. The normalized spacial score (nSPS) is 28.5. The SMILES string of the molecule is CC(F)(F)C(C1CCCCCC1)C1(N)CC1. The molecule has 0 spiro atoms. The fourth-order valence-corrected chi connectivity index (χ4v) is 3.49. The molecule has 0 aromatic carbocycles. The van der Waals surface area contributed by atoms with Crippen molar-refractivity contribution in [2.45, 2.75) is 69.8 Å². The molecule has 0 amide bonds. The summed E-state index contributed by atoms with van der Waals surface area (Å²) in [5, 5.41) is 0. The van der Waals surface area contributed by atoms with Gasteiger partial charge in [0.2, 0.25) is 5.92 Å². The second-order valence-electron chi connectivity index (χ2n) is 5.92. The van der Waals surface area contributed by atoms with Gasteiger partial charge in [-0.15, -0.1) is 0 Å². The standard InChI is InChI=1S/C13H23F2N/c1-12(14,15)11(13(16)8-9-13)10-6-4-2-3-5-7-10/h10-11H,2-9,16H2,1H3. The molecule has 1 nitrogen and oxygen atoms in total. The molecule has 1 unspecified atom stereocenters. The zero-order valence-electron chi connectivity index (χ0n) is 10.1. The van der Waals surface area contributed by atoms with Gasteiger partial charge in [0.1, 0.15) is 0 Å². The van der Waals surface area contributed by atoms with E-state index in [1.165, 1.54) is 12.8 Å². The molecule has 3 heteroatoms. The molecule has 0 radical (unpaired) electrons. The van der Waals surface area contributed by atoms with Crippen LogP contribution in [0.5, 0.6) is 0 Å². The number of nitrogens with two attached hydrogens (primary N) is 1. The molecule has 2 rings (SSSR count). The average molecular weight is 231 g/mol. The average Bonchev–Trinajstić information content (AvgIpc) is 2.90. The fraction of sp³-hybridized carbons (Fsp3) is 1.00. The van der Waals surface area contributed by atoms with Crippen molar-refractivity contribution in [1.29, 1.82) is 0 Å². The maximum absolute atomic E-state index is 13.8. The highest BCUT2D eigenvalue weighted by atomic mass is 19.3. The summed E-state index contributed by atoms with van der Waals surface area (Å²) in [5.41, 5.74) is 5.53. The molecule has 0 aromatic heterocycles. The zero-order chi connectivity index (χ0) is 11.8. The Hall–Kier alpha value is -0.180. The van der Waals surface area contributed by atoms with Crippen LogP contribution in [0.15, 0.2) is 0 Å². The van der Waals surface area contributed by atoms with Gasteiger partial charge in [0, 0.05) is 11.5 Å². The van der Waals surface area contributed by atoms with Crippen LogP contribution >= 0.6 is 0 Å².